The first kappa shape index (κ1) is 14.2. The van der Waals surface area contributed by atoms with Crippen molar-refractivity contribution in [1.29, 1.82) is 0 Å². The van der Waals surface area contributed by atoms with Crippen molar-refractivity contribution in [3.8, 4) is 0 Å². The normalized spacial score (nSPS) is 12.2. The molecule has 2 rings (SSSR count). The van der Waals surface area contributed by atoms with Gasteiger partial charge in [-0.25, -0.2) is 4.98 Å². The third-order valence-corrected chi connectivity index (χ3v) is 4.04. The molecule has 0 saturated heterocycles. The summed E-state index contributed by atoms with van der Waals surface area (Å²) in [6, 6.07) is 9.79. The number of nitrogen functional groups attached to an aromatic ring is 1. The Kier molecular flexibility index (Phi) is 4.32. The van der Waals surface area contributed by atoms with Gasteiger partial charge in [0.1, 0.15) is 5.82 Å². The van der Waals surface area contributed by atoms with Gasteiger partial charge in [0.25, 0.3) is 0 Å². The molecule has 1 heterocycles. The van der Waals surface area contributed by atoms with E-state index >= 15 is 0 Å². The topological polar surface area (TPSA) is 42.2 Å². The number of nitrogens with zero attached hydrogens (tertiary/aromatic N) is 2. The first-order valence-corrected chi connectivity index (χ1v) is 7.06. The van der Waals surface area contributed by atoms with Gasteiger partial charge < -0.3 is 10.6 Å². The molecule has 0 fully saturated rings. The predicted molar refractivity (Wildman–Crippen MR) is 84.6 cm³/mol. The molecular formula is C14H15BrClN3. The molecule has 2 aromatic rings. The van der Waals surface area contributed by atoms with Crippen LogP contribution in [0.25, 0.3) is 0 Å². The van der Waals surface area contributed by atoms with E-state index in [1.807, 2.05) is 37.4 Å². The zero-order valence-electron chi connectivity index (χ0n) is 10.8. The highest BCUT2D eigenvalue weighted by molar-refractivity contribution is 9.10. The van der Waals surface area contributed by atoms with Crippen LogP contribution in [0.2, 0.25) is 5.02 Å². The van der Waals surface area contributed by atoms with Crippen molar-refractivity contribution in [3.05, 3.63) is 51.6 Å². The average molecular weight is 341 g/mol. The number of rotatable bonds is 3. The number of halogens is 2. The molecule has 0 bridgehead atoms. The van der Waals surface area contributed by atoms with E-state index in [4.69, 9.17) is 17.3 Å². The molecule has 5 heteroatoms. The zero-order valence-corrected chi connectivity index (χ0v) is 13.1. The molecule has 3 nitrogen and oxygen atoms in total. The third kappa shape index (κ3) is 3.01. The summed E-state index contributed by atoms with van der Waals surface area (Å²) in [4.78, 5) is 6.43. The summed E-state index contributed by atoms with van der Waals surface area (Å²) in [5.41, 5.74) is 7.41. The van der Waals surface area contributed by atoms with Crippen LogP contribution < -0.4 is 10.6 Å². The quantitative estimate of drug-likeness (QED) is 0.907. The summed E-state index contributed by atoms with van der Waals surface area (Å²) in [5.74, 6) is 0.835. The van der Waals surface area contributed by atoms with Gasteiger partial charge in [-0.1, -0.05) is 29.8 Å². The van der Waals surface area contributed by atoms with E-state index in [-0.39, 0.29) is 6.04 Å². The van der Waals surface area contributed by atoms with Gasteiger partial charge in [0.15, 0.2) is 0 Å². The van der Waals surface area contributed by atoms with Crippen LogP contribution in [0.15, 0.2) is 41.0 Å². The molecule has 0 aliphatic rings. The largest absolute Gasteiger partial charge is 0.397 e. The van der Waals surface area contributed by atoms with E-state index in [1.54, 1.807) is 6.20 Å². The van der Waals surface area contributed by atoms with Gasteiger partial charge in [-0.15, -0.1) is 0 Å². The molecule has 1 aromatic carbocycles. The molecule has 100 valence electrons. The standard InChI is InChI=1S/C14H15BrClN3/c1-9(11-5-3-4-6-13(11)16)19(2)14-12(15)7-10(17)8-18-14/h3-9H,17H2,1-2H3. The second kappa shape index (κ2) is 5.80. The fraction of sp³-hybridized carbons (Fsp3) is 0.214. The van der Waals surface area contributed by atoms with Crippen LogP contribution in [0.5, 0.6) is 0 Å². The number of hydrogen-bond donors (Lipinski definition) is 1. The first-order chi connectivity index (χ1) is 9.00. The second-order valence-corrected chi connectivity index (χ2v) is 5.64. The minimum Gasteiger partial charge on any atom is -0.397 e. The Morgan fingerprint density at radius 3 is 2.68 bits per heavy atom. The van der Waals surface area contributed by atoms with Gasteiger partial charge in [0, 0.05) is 12.1 Å². The van der Waals surface area contributed by atoms with E-state index in [1.165, 1.54) is 0 Å². The maximum atomic E-state index is 6.24. The summed E-state index contributed by atoms with van der Waals surface area (Å²) >= 11 is 9.73. The summed E-state index contributed by atoms with van der Waals surface area (Å²) < 4.78 is 0.869. The predicted octanol–water partition coefficient (Wildman–Crippen LogP) is 4.28. The average Bonchev–Trinajstić information content (AvgIpc) is 2.38. The maximum Gasteiger partial charge on any atom is 0.143 e. The Bertz CT molecular complexity index is 589. The van der Waals surface area contributed by atoms with E-state index < -0.39 is 0 Å². The Morgan fingerprint density at radius 2 is 2.05 bits per heavy atom. The number of hydrogen-bond acceptors (Lipinski definition) is 3. The van der Waals surface area contributed by atoms with Gasteiger partial charge in [-0.05, 0) is 40.5 Å². The Morgan fingerprint density at radius 1 is 1.37 bits per heavy atom. The van der Waals surface area contributed by atoms with Gasteiger partial charge in [-0.2, -0.15) is 0 Å². The minimum atomic E-state index is 0.112. The smallest absolute Gasteiger partial charge is 0.143 e. The lowest BCUT2D eigenvalue weighted by molar-refractivity contribution is 0.727. The molecule has 1 unspecified atom stereocenters. The number of aromatic nitrogens is 1. The number of benzene rings is 1. The molecule has 0 spiro atoms. The lowest BCUT2D eigenvalue weighted by atomic mass is 10.1. The summed E-state index contributed by atoms with van der Waals surface area (Å²) in [7, 11) is 1.98. The third-order valence-electron chi connectivity index (χ3n) is 3.11. The molecule has 0 aliphatic carbocycles. The van der Waals surface area contributed by atoms with Crippen LogP contribution >= 0.6 is 27.5 Å². The lowest BCUT2D eigenvalue weighted by Gasteiger charge is -2.27. The second-order valence-electron chi connectivity index (χ2n) is 4.38. The van der Waals surface area contributed by atoms with Crippen LogP contribution in [-0.4, -0.2) is 12.0 Å². The molecule has 0 aliphatic heterocycles. The van der Waals surface area contributed by atoms with Crippen LogP contribution in [0.3, 0.4) is 0 Å². The summed E-state index contributed by atoms with van der Waals surface area (Å²) in [6.45, 7) is 2.09. The Hall–Kier alpha value is -1.26. The van der Waals surface area contributed by atoms with Gasteiger partial charge in [0.05, 0.1) is 22.4 Å². The van der Waals surface area contributed by atoms with Gasteiger partial charge in [0.2, 0.25) is 0 Å². The highest BCUT2D eigenvalue weighted by Gasteiger charge is 2.17. The van der Waals surface area contributed by atoms with Crippen LogP contribution in [-0.2, 0) is 0 Å². The molecule has 1 aromatic heterocycles. The van der Waals surface area contributed by atoms with E-state index in [0.717, 1.165) is 20.9 Å². The number of pyridine rings is 1. The van der Waals surface area contributed by atoms with Crippen LogP contribution in [0, 0.1) is 0 Å². The molecule has 2 N–H and O–H groups in total. The fourth-order valence-electron chi connectivity index (χ4n) is 1.91. The van der Waals surface area contributed by atoms with Crippen molar-refractivity contribution in [1.82, 2.24) is 4.98 Å². The first-order valence-electron chi connectivity index (χ1n) is 5.89. The molecule has 0 saturated carbocycles. The van der Waals surface area contributed by atoms with Gasteiger partial charge in [-0.3, -0.25) is 0 Å². The monoisotopic (exact) mass is 339 g/mol. The van der Waals surface area contributed by atoms with E-state index in [0.29, 0.717) is 5.69 Å². The Labute approximate surface area is 126 Å². The fourth-order valence-corrected chi connectivity index (χ4v) is 2.85. The molecule has 1 atom stereocenters. The highest BCUT2D eigenvalue weighted by atomic mass is 79.9. The maximum absolute atomic E-state index is 6.24. The highest BCUT2D eigenvalue weighted by Crippen LogP contribution is 2.33. The van der Waals surface area contributed by atoms with Crippen LogP contribution in [0.1, 0.15) is 18.5 Å². The lowest BCUT2D eigenvalue weighted by Crippen LogP contribution is -2.23. The summed E-state index contributed by atoms with van der Waals surface area (Å²) in [5, 5.41) is 0.758. The minimum absolute atomic E-state index is 0.112. The Balaban J connectivity index is 2.33. The van der Waals surface area contributed by atoms with Crippen molar-refractivity contribution in [2.45, 2.75) is 13.0 Å². The summed E-state index contributed by atoms with van der Waals surface area (Å²) in [6.07, 6.45) is 1.65. The van der Waals surface area contributed by atoms with Crippen molar-refractivity contribution in [2.75, 3.05) is 17.7 Å². The number of anilines is 2. The SMILES string of the molecule is CC(c1ccccc1Cl)N(C)c1ncc(N)cc1Br. The van der Waals surface area contributed by atoms with Gasteiger partial charge >= 0.3 is 0 Å². The van der Waals surface area contributed by atoms with Crippen molar-refractivity contribution in [3.63, 3.8) is 0 Å². The molecule has 0 amide bonds. The van der Waals surface area contributed by atoms with Crippen molar-refractivity contribution in [2.24, 2.45) is 0 Å². The van der Waals surface area contributed by atoms with Crippen molar-refractivity contribution >= 4 is 39.0 Å². The van der Waals surface area contributed by atoms with E-state index in [9.17, 15) is 0 Å². The van der Waals surface area contributed by atoms with Crippen molar-refractivity contribution < 1.29 is 0 Å². The molecule has 0 radical (unpaired) electrons. The molecular weight excluding hydrogens is 326 g/mol. The molecule has 19 heavy (non-hydrogen) atoms. The zero-order chi connectivity index (χ0) is 14.0. The van der Waals surface area contributed by atoms with Crippen LogP contribution in [0.4, 0.5) is 11.5 Å². The number of nitrogens with two attached hydrogens (primary N) is 1. The van der Waals surface area contributed by atoms with E-state index in [2.05, 4.69) is 32.7 Å².